The normalized spacial score (nSPS) is 28.2. The number of hydrogen-bond acceptors (Lipinski definition) is 4. The molecule has 0 spiro atoms. The van der Waals surface area contributed by atoms with Crippen molar-refractivity contribution in [3.8, 4) is 0 Å². The number of rotatable bonds is 8. The van der Waals surface area contributed by atoms with Crippen LogP contribution < -0.4 is 10.6 Å². The summed E-state index contributed by atoms with van der Waals surface area (Å²) < 4.78 is 86.4. The molecule has 5 rings (SSSR count). The first-order chi connectivity index (χ1) is 18.9. The van der Waals surface area contributed by atoms with E-state index in [2.05, 4.69) is 10.6 Å². The minimum atomic E-state index is -4.91. The Morgan fingerprint density at radius 3 is 2.22 bits per heavy atom. The standard InChI is InChI=1S/C29H33F6N3O2.ClH/c1-38-23(7-10-26(38)39)16-36-15-19-14-27(20-5-3-2-4-6-20)25(9-8-24(19)37-27)40-17-18-11-21(28(30,31)32)13-22(12-18)29(33,34)35;/h2-6,11-13,19,23-25,36-37H,7-10,14-17H2,1H3;1H/t19-,23?,24+,25-,27-;/m1./s1. The maximum absolute atomic E-state index is 13.4. The second-order valence-corrected chi connectivity index (χ2v) is 11.2. The summed E-state index contributed by atoms with van der Waals surface area (Å²) in [6.07, 6.45) is -6.79. The fraction of sp³-hybridized carbons (Fsp3) is 0.552. The van der Waals surface area contributed by atoms with Gasteiger partial charge in [0.25, 0.3) is 0 Å². The zero-order valence-electron chi connectivity index (χ0n) is 22.5. The minimum absolute atomic E-state index is 0. The molecule has 0 saturated carbocycles. The Balaban J connectivity index is 0.00000387. The zero-order chi connectivity index (χ0) is 28.7. The number of likely N-dealkylation sites (N-methyl/N-ethyl adjacent to an activating group) is 1. The molecule has 2 N–H and O–H groups in total. The van der Waals surface area contributed by atoms with Crippen LogP contribution in [0, 0.1) is 5.92 Å². The maximum atomic E-state index is 13.4. The van der Waals surface area contributed by atoms with Crippen LogP contribution in [0.2, 0.25) is 0 Å². The van der Waals surface area contributed by atoms with Crippen molar-refractivity contribution in [2.24, 2.45) is 5.92 Å². The van der Waals surface area contributed by atoms with Crippen LogP contribution in [0.25, 0.3) is 0 Å². The van der Waals surface area contributed by atoms with Gasteiger partial charge in [0, 0.05) is 32.1 Å². The van der Waals surface area contributed by atoms with E-state index in [0.717, 1.165) is 37.1 Å². The maximum Gasteiger partial charge on any atom is 0.416 e. The van der Waals surface area contributed by atoms with Crippen molar-refractivity contribution in [3.05, 3.63) is 70.8 Å². The van der Waals surface area contributed by atoms with Gasteiger partial charge in [-0.2, -0.15) is 26.3 Å². The minimum Gasteiger partial charge on any atom is -0.371 e. The number of nitrogens with one attached hydrogen (secondary N) is 2. The number of carbonyl (C=O) groups is 1. The molecule has 2 aromatic carbocycles. The number of fused-ring (bicyclic) bond motifs is 2. The van der Waals surface area contributed by atoms with Gasteiger partial charge in [-0.05, 0) is 67.5 Å². The van der Waals surface area contributed by atoms with Gasteiger partial charge < -0.3 is 20.3 Å². The highest BCUT2D eigenvalue weighted by Gasteiger charge is 2.54. The van der Waals surface area contributed by atoms with Crippen LogP contribution in [0.15, 0.2) is 48.5 Å². The van der Waals surface area contributed by atoms with Gasteiger partial charge in [0.1, 0.15) is 0 Å². The Morgan fingerprint density at radius 2 is 1.63 bits per heavy atom. The Labute approximate surface area is 241 Å². The largest absolute Gasteiger partial charge is 0.416 e. The average molecular weight is 606 g/mol. The molecular weight excluding hydrogens is 572 g/mol. The van der Waals surface area contributed by atoms with Crippen LogP contribution in [0.1, 0.15) is 54.4 Å². The molecule has 2 aromatic rings. The lowest BCUT2D eigenvalue weighted by Crippen LogP contribution is -2.54. The summed E-state index contributed by atoms with van der Waals surface area (Å²) in [5, 5.41) is 7.26. The first-order valence-corrected chi connectivity index (χ1v) is 13.6. The molecule has 1 amide bonds. The van der Waals surface area contributed by atoms with Crippen LogP contribution in [0.3, 0.4) is 0 Å². The van der Waals surface area contributed by atoms with E-state index in [1.807, 2.05) is 37.4 Å². The van der Waals surface area contributed by atoms with Gasteiger partial charge in [0.2, 0.25) is 5.91 Å². The molecule has 3 heterocycles. The van der Waals surface area contributed by atoms with E-state index in [1.165, 1.54) is 0 Å². The van der Waals surface area contributed by atoms with Gasteiger partial charge in [-0.3, -0.25) is 4.79 Å². The predicted octanol–water partition coefficient (Wildman–Crippen LogP) is 5.91. The lowest BCUT2D eigenvalue weighted by Gasteiger charge is -2.42. The summed E-state index contributed by atoms with van der Waals surface area (Å²) in [6, 6.07) is 11.6. The van der Waals surface area contributed by atoms with Crippen LogP contribution in [-0.2, 0) is 34.0 Å². The third kappa shape index (κ3) is 6.68. The van der Waals surface area contributed by atoms with Gasteiger partial charge in [0.05, 0.1) is 29.4 Å². The molecule has 0 radical (unpaired) electrons. The van der Waals surface area contributed by atoms with Gasteiger partial charge in [-0.1, -0.05) is 30.3 Å². The SMILES string of the molecule is CN1C(=O)CCC1CNC[C@H]1C[C@]2(c3ccccc3)N[C@H]1CC[C@H]2OCc1cc(C(F)(F)F)cc(C(F)(F)F)c1.Cl. The van der Waals surface area contributed by atoms with E-state index in [4.69, 9.17) is 4.74 Å². The van der Waals surface area contributed by atoms with Crippen molar-refractivity contribution in [1.29, 1.82) is 0 Å². The predicted molar refractivity (Wildman–Crippen MR) is 143 cm³/mol. The molecule has 1 unspecified atom stereocenters. The number of benzene rings is 2. The van der Waals surface area contributed by atoms with Crippen LogP contribution >= 0.6 is 12.4 Å². The van der Waals surface area contributed by atoms with Crippen molar-refractivity contribution in [2.75, 3.05) is 20.1 Å². The summed E-state index contributed by atoms with van der Waals surface area (Å²) in [6.45, 7) is 1.05. The van der Waals surface area contributed by atoms with E-state index in [1.54, 1.807) is 4.90 Å². The summed E-state index contributed by atoms with van der Waals surface area (Å²) >= 11 is 0. The third-order valence-electron chi connectivity index (χ3n) is 8.69. The van der Waals surface area contributed by atoms with E-state index >= 15 is 0 Å². The number of ether oxygens (including phenoxy) is 1. The average Bonchev–Trinajstić information content (AvgIpc) is 3.39. The van der Waals surface area contributed by atoms with Gasteiger partial charge in [0.15, 0.2) is 0 Å². The number of likely N-dealkylation sites (tertiary alicyclic amines) is 1. The van der Waals surface area contributed by atoms with Crippen molar-refractivity contribution >= 4 is 18.3 Å². The Hall–Kier alpha value is -2.34. The quantitative estimate of drug-likeness (QED) is 0.368. The summed E-state index contributed by atoms with van der Waals surface area (Å²) in [5.41, 5.74) is -2.50. The first kappa shape index (κ1) is 31.6. The molecule has 3 aliphatic rings. The summed E-state index contributed by atoms with van der Waals surface area (Å²) in [7, 11) is 1.82. The fourth-order valence-corrected chi connectivity index (χ4v) is 6.57. The molecule has 12 heteroatoms. The molecule has 226 valence electrons. The van der Waals surface area contributed by atoms with Crippen molar-refractivity contribution in [2.45, 2.75) is 74.8 Å². The molecule has 5 atom stereocenters. The molecule has 2 bridgehead atoms. The molecule has 5 nitrogen and oxygen atoms in total. The molecule has 0 aromatic heterocycles. The number of amides is 1. The Bertz CT molecular complexity index is 1180. The van der Waals surface area contributed by atoms with Gasteiger partial charge in [-0.15, -0.1) is 12.4 Å². The number of alkyl halides is 6. The van der Waals surface area contributed by atoms with E-state index < -0.39 is 35.1 Å². The van der Waals surface area contributed by atoms with Gasteiger partial charge in [-0.25, -0.2) is 0 Å². The lowest BCUT2D eigenvalue weighted by molar-refractivity contribution is -0.143. The van der Waals surface area contributed by atoms with Gasteiger partial charge >= 0.3 is 12.4 Å². The topological polar surface area (TPSA) is 53.6 Å². The number of halogens is 7. The lowest BCUT2D eigenvalue weighted by atomic mass is 9.80. The second kappa shape index (κ2) is 12.1. The number of nitrogens with zero attached hydrogens (tertiary/aromatic N) is 1. The molecule has 3 aliphatic heterocycles. The van der Waals surface area contributed by atoms with Crippen LogP contribution in [-0.4, -0.2) is 49.1 Å². The number of carbonyl (C=O) groups excluding carboxylic acids is 1. The highest BCUT2D eigenvalue weighted by atomic mass is 35.5. The number of hydrogen-bond donors (Lipinski definition) is 2. The molecule has 41 heavy (non-hydrogen) atoms. The monoisotopic (exact) mass is 605 g/mol. The Morgan fingerprint density at radius 1 is 0.976 bits per heavy atom. The van der Waals surface area contributed by atoms with Crippen LogP contribution in [0.5, 0.6) is 0 Å². The zero-order valence-corrected chi connectivity index (χ0v) is 23.3. The highest BCUT2D eigenvalue weighted by Crippen LogP contribution is 2.47. The summed E-state index contributed by atoms with van der Waals surface area (Å²) in [4.78, 5) is 13.6. The molecule has 3 saturated heterocycles. The first-order valence-electron chi connectivity index (χ1n) is 13.6. The smallest absolute Gasteiger partial charge is 0.371 e. The molecule has 0 aliphatic carbocycles. The van der Waals surface area contributed by atoms with E-state index in [0.29, 0.717) is 25.8 Å². The van der Waals surface area contributed by atoms with E-state index in [9.17, 15) is 31.1 Å². The second-order valence-electron chi connectivity index (χ2n) is 11.2. The van der Waals surface area contributed by atoms with Crippen molar-refractivity contribution < 1.29 is 35.9 Å². The Kier molecular flexibility index (Phi) is 9.33. The fourth-order valence-electron chi connectivity index (χ4n) is 6.57. The van der Waals surface area contributed by atoms with Crippen molar-refractivity contribution in [1.82, 2.24) is 15.5 Å². The molecular formula is C29H34ClF6N3O2. The van der Waals surface area contributed by atoms with E-state index in [-0.39, 0.29) is 54.6 Å². The molecule has 3 fully saturated rings. The van der Waals surface area contributed by atoms with Crippen molar-refractivity contribution in [3.63, 3.8) is 0 Å². The summed E-state index contributed by atoms with van der Waals surface area (Å²) in [5.74, 6) is 0.387. The van der Waals surface area contributed by atoms with Crippen LogP contribution in [0.4, 0.5) is 26.3 Å². The number of piperidine rings is 1. The third-order valence-corrected chi connectivity index (χ3v) is 8.69. The highest BCUT2D eigenvalue weighted by molar-refractivity contribution is 5.85.